The molecule has 1 heterocycles. The van der Waals surface area contributed by atoms with Crippen LogP contribution in [0.4, 0.5) is 0 Å². The molecule has 14 heavy (non-hydrogen) atoms. The van der Waals surface area contributed by atoms with Crippen molar-refractivity contribution >= 4 is 16.5 Å². The third-order valence-electron chi connectivity index (χ3n) is 2.68. The van der Waals surface area contributed by atoms with Crippen molar-refractivity contribution in [2.24, 2.45) is 0 Å². The first-order valence-corrected chi connectivity index (χ1v) is 6.97. The fraction of sp³-hybridized carbons (Fsp3) is 0.385. The lowest BCUT2D eigenvalue weighted by atomic mass is 10.1. The summed E-state index contributed by atoms with van der Waals surface area (Å²) >= 11 is 0. The Labute approximate surface area is 89.4 Å². The molecule has 0 spiro atoms. The summed E-state index contributed by atoms with van der Waals surface area (Å²) in [5.41, 5.74) is 2.66. The highest BCUT2D eigenvalue weighted by Crippen LogP contribution is 2.20. The Morgan fingerprint density at radius 3 is 2.43 bits per heavy atom. The van der Waals surface area contributed by atoms with E-state index in [-0.39, 0.29) is 0 Å². The molecule has 2 rings (SSSR count). The highest BCUT2D eigenvalue weighted by Gasteiger charge is 2.24. The fourth-order valence-corrected chi connectivity index (χ4v) is 4.24. The van der Waals surface area contributed by atoms with Gasteiger partial charge in [-0.1, -0.05) is 36.9 Å². The molecular weight excluding hydrogens is 188 g/mol. The normalized spacial score (nSPS) is 17.1. The maximum atomic E-state index is 4.20. The Morgan fingerprint density at radius 1 is 1.14 bits per heavy atom. The summed E-state index contributed by atoms with van der Waals surface area (Å²) in [6.07, 6.45) is 2.87. The number of rotatable bonds is 3. The first kappa shape index (κ1) is 9.85. The lowest BCUT2D eigenvalue weighted by Gasteiger charge is -2.04. The molecule has 0 amide bonds. The predicted octanol–water partition coefficient (Wildman–Crippen LogP) is 3.11. The van der Waals surface area contributed by atoms with E-state index in [9.17, 15) is 0 Å². The van der Waals surface area contributed by atoms with Gasteiger partial charge in [-0.05, 0) is 29.3 Å². The van der Waals surface area contributed by atoms with Gasteiger partial charge in [-0.15, -0.1) is 0 Å². The molecule has 0 N–H and O–H groups in total. The van der Waals surface area contributed by atoms with Crippen LogP contribution in [-0.4, -0.2) is 17.3 Å². The monoisotopic (exact) mass is 205 g/mol. The van der Waals surface area contributed by atoms with Crippen molar-refractivity contribution in [3.63, 3.8) is 0 Å². The Kier molecular flexibility index (Phi) is 3.30. The Morgan fingerprint density at radius 2 is 1.79 bits per heavy atom. The van der Waals surface area contributed by atoms with Gasteiger partial charge in [0.25, 0.3) is 0 Å². The van der Waals surface area contributed by atoms with Crippen LogP contribution in [0.3, 0.4) is 0 Å². The van der Waals surface area contributed by atoms with E-state index in [0.717, 1.165) is 0 Å². The minimum absolute atomic E-state index is 0.643. The number of hydrogen-bond acceptors (Lipinski definition) is 0. The molecule has 1 aliphatic rings. The van der Waals surface area contributed by atoms with Gasteiger partial charge in [-0.2, -0.15) is 0 Å². The van der Waals surface area contributed by atoms with Gasteiger partial charge in [0.15, 0.2) is 0 Å². The van der Waals surface area contributed by atoms with Crippen LogP contribution in [0, 0.1) is 0 Å². The van der Waals surface area contributed by atoms with Gasteiger partial charge in [-0.3, -0.25) is 0 Å². The Bertz CT molecular complexity index is 296. The second-order valence-electron chi connectivity index (χ2n) is 3.84. The first-order chi connectivity index (χ1) is 6.86. The van der Waals surface area contributed by atoms with Crippen molar-refractivity contribution in [2.75, 3.05) is 17.3 Å². The summed E-state index contributed by atoms with van der Waals surface area (Å²) < 4.78 is 0. The van der Waals surface area contributed by atoms with E-state index in [4.69, 9.17) is 0 Å². The van der Waals surface area contributed by atoms with Crippen molar-refractivity contribution in [2.45, 2.75) is 12.8 Å². The van der Waals surface area contributed by atoms with E-state index in [1.165, 1.54) is 41.2 Å². The smallest absolute Gasteiger partial charge is 0.0905 e. The van der Waals surface area contributed by atoms with Gasteiger partial charge in [0.05, 0.1) is 0 Å². The molecule has 0 radical (unpaired) electrons. The minimum atomic E-state index is 0.643. The summed E-state index contributed by atoms with van der Waals surface area (Å²) in [6.45, 7) is 4.20. The Hall–Kier alpha value is -0.690. The summed E-state index contributed by atoms with van der Waals surface area (Å²) in [4.78, 5) is 0. The molecular formula is C13H17S+. The molecule has 0 atom stereocenters. The average molecular weight is 205 g/mol. The predicted molar refractivity (Wildman–Crippen MR) is 66.7 cm³/mol. The summed E-state index contributed by atoms with van der Waals surface area (Å²) in [6, 6.07) is 10.6. The van der Waals surface area contributed by atoms with E-state index in [0.29, 0.717) is 10.9 Å². The molecule has 0 aromatic heterocycles. The van der Waals surface area contributed by atoms with Crippen LogP contribution in [0.15, 0.2) is 36.9 Å². The zero-order chi connectivity index (χ0) is 9.80. The standard InChI is InChI=1S/C13H17S/c1-12(11-14-9-5-6-10-14)13-7-3-2-4-8-13/h2-4,7-8H,1,5-6,9-11H2/q+1. The van der Waals surface area contributed by atoms with Crippen LogP contribution in [0.5, 0.6) is 0 Å². The third kappa shape index (κ3) is 2.42. The van der Waals surface area contributed by atoms with Gasteiger partial charge in [-0.25, -0.2) is 0 Å². The SMILES string of the molecule is C=C(C[S+]1CCCC1)c1ccccc1. The highest BCUT2D eigenvalue weighted by atomic mass is 32.2. The second-order valence-corrected chi connectivity index (χ2v) is 6.17. The number of benzene rings is 1. The quantitative estimate of drug-likeness (QED) is 0.665. The number of hydrogen-bond donors (Lipinski definition) is 0. The summed E-state index contributed by atoms with van der Waals surface area (Å²) in [5.74, 6) is 4.10. The fourth-order valence-electron chi connectivity index (χ4n) is 1.86. The first-order valence-electron chi connectivity index (χ1n) is 5.23. The van der Waals surface area contributed by atoms with E-state index in [1.807, 2.05) is 0 Å². The van der Waals surface area contributed by atoms with Crippen LogP contribution >= 0.6 is 0 Å². The van der Waals surface area contributed by atoms with Gasteiger partial charge in [0, 0.05) is 5.57 Å². The van der Waals surface area contributed by atoms with Gasteiger partial charge in [0.1, 0.15) is 17.3 Å². The molecule has 1 aromatic carbocycles. The van der Waals surface area contributed by atoms with Crippen molar-refractivity contribution in [3.8, 4) is 0 Å². The zero-order valence-corrected chi connectivity index (χ0v) is 9.35. The van der Waals surface area contributed by atoms with Crippen molar-refractivity contribution in [1.29, 1.82) is 0 Å². The summed E-state index contributed by atoms with van der Waals surface area (Å²) in [5, 5.41) is 0. The van der Waals surface area contributed by atoms with Crippen molar-refractivity contribution in [3.05, 3.63) is 42.5 Å². The average Bonchev–Trinajstić information content (AvgIpc) is 2.72. The van der Waals surface area contributed by atoms with Crippen LogP contribution in [0.1, 0.15) is 18.4 Å². The third-order valence-corrected chi connectivity index (χ3v) is 5.17. The van der Waals surface area contributed by atoms with Gasteiger partial charge < -0.3 is 0 Å². The molecule has 0 saturated carbocycles. The van der Waals surface area contributed by atoms with E-state index in [1.54, 1.807) is 0 Å². The molecule has 1 saturated heterocycles. The largest absolute Gasteiger partial charge is 0.133 e. The minimum Gasteiger partial charge on any atom is -0.0905 e. The lowest BCUT2D eigenvalue weighted by molar-refractivity contribution is 0.949. The molecule has 0 bridgehead atoms. The molecule has 1 aliphatic heterocycles. The maximum absolute atomic E-state index is 4.20. The van der Waals surface area contributed by atoms with E-state index >= 15 is 0 Å². The van der Waals surface area contributed by atoms with Crippen molar-refractivity contribution < 1.29 is 0 Å². The zero-order valence-electron chi connectivity index (χ0n) is 8.54. The maximum Gasteiger partial charge on any atom is 0.133 e. The molecule has 0 nitrogen and oxygen atoms in total. The molecule has 1 heteroatoms. The second kappa shape index (κ2) is 4.70. The molecule has 1 aromatic rings. The van der Waals surface area contributed by atoms with Gasteiger partial charge >= 0.3 is 0 Å². The van der Waals surface area contributed by atoms with Crippen LogP contribution in [-0.2, 0) is 10.9 Å². The van der Waals surface area contributed by atoms with E-state index < -0.39 is 0 Å². The summed E-state index contributed by atoms with van der Waals surface area (Å²) in [7, 11) is 0.643. The molecule has 74 valence electrons. The van der Waals surface area contributed by atoms with E-state index in [2.05, 4.69) is 36.9 Å². The van der Waals surface area contributed by atoms with Crippen LogP contribution < -0.4 is 0 Å². The van der Waals surface area contributed by atoms with Crippen molar-refractivity contribution in [1.82, 2.24) is 0 Å². The molecule has 1 fully saturated rings. The lowest BCUT2D eigenvalue weighted by Crippen LogP contribution is -2.09. The highest BCUT2D eigenvalue weighted by molar-refractivity contribution is 7.97. The van der Waals surface area contributed by atoms with Crippen LogP contribution in [0.25, 0.3) is 5.57 Å². The molecule has 0 aliphatic carbocycles. The topological polar surface area (TPSA) is 0 Å². The Balaban J connectivity index is 1.95. The van der Waals surface area contributed by atoms with Crippen LogP contribution in [0.2, 0.25) is 0 Å². The molecule has 0 unspecified atom stereocenters. The van der Waals surface area contributed by atoms with Gasteiger partial charge in [0.2, 0.25) is 0 Å².